The molecule has 0 fully saturated rings. The Labute approximate surface area is 125 Å². The topological polar surface area (TPSA) is 52.6 Å². The Morgan fingerprint density at radius 2 is 1.57 bits per heavy atom. The third kappa shape index (κ3) is 2.55. The van der Waals surface area contributed by atoms with E-state index in [-0.39, 0.29) is 5.41 Å². The van der Waals surface area contributed by atoms with E-state index in [0.717, 1.165) is 5.56 Å². The zero-order chi connectivity index (χ0) is 15.7. The minimum atomic E-state index is -1.24. The number of rotatable bonds is 2. The summed E-state index contributed by atoms with van der Waals surface area (Å²) in [5.41, 5.74) is 0.851. The third-order valence-electron chi connectivity index (χ3n) is 4.57. The number of carbonyl (C=O) groups excluding carboxylic acids is 2. The lowest BCUT2D eigenvalue weighted by molar-refractivity contribution is -0.169. The second-order valence-corrected chi connectivity index (χ2v) is 6.28. The van der Waals surface area contributed by atoms with Gasteiger partial charge in [0.05, 0.1) is 14.2 Å². The van der Waals surface area contributed by atoms with Crippen LogP contribution in [0.5, 0.6) is 0 Å². The third-order valence-corrected chi connectivity index (χ3v) is 4.57. The number of ether oxygens (including phenoxy) is 2. The van der Waals surface area contributed by atoms with Gasteiger partial charge in [-0.15, -0.1) is 0 Å². The largest absolute Gasteiger partial charge is 0.468 e. The molecule has 0 unspecified atom stereocenters. The van der Waals surface area contributed by atoms with Crippen LogP contribution >= 0.6 is 0 Å². The molecule has 114 valence electrons. The van der Waals surface area contributed by atoms with E-state index in [1.165, 1.54) is 19.8 Å². The van der Waals surface area contributed by atoms with Gasteiger partial charge in [-0.1, -0.05) is 38.1 Å². The molecule has 1 aromatic rings. The van der Waals surface area contributed by atoms with E-state index in [1.807, 2.05) is 18.2 Å². The van der Waals surface area contributed by atoms with Gasteiger partial charge in [0.1, 0.15) is 0 Å². The lowest BCUT2D eigenvalue weighted by Crippen LogP contribution is -2.43. The first-order valence-corrected chi connectivity index (χ1v) is 7.12. The molecule has 0 saturated carbocycles. The van der Waals surface area contributed by atoms with E-state index in [2.05, 4.69) is 19.9 Å². The van der Waals surface area contributed by atoms with Crippen molar-refractivity contribution in [2.45, 2.75) is 38.5 Å². The molecule has 0 aromatic heterocycles. The zero-order valence-electron chi connectivity index (χ0n) is 13.1. The molecule has 0 spiro atoms. The summed E-state index contributed by atoms with van der Waals surface area (Å²) in [6.45, 7) is 4.27. The summed E-state index contributed by atoms with van der Waals surface area (Å²) in [6, 6.07) is 7.96. The van der Waals surface area contributed by atoms with Crippen molar-refractivity contribution in [3.05, 3.63) is 35.4 Å². The summed E-state index contributed by atoms with van der Waals surface area (Å²) in [5.74, 6) is -1.02. The molecule has 0 bridgehead atoms. The van der Waals surface area contributed by atoms with Gasteiger partial charge in [0.25, 0.3) is 0 Å². The molecule has 0 saturated heterocycles. The molecule has 4 nitrogen and oxygen atoms in total. The average Bonchev–Trinajstić information content (AvgIpc) is 2.61. The Bertz CT molecular complexity index is 544. The molecular formula is C17H22O4. The van der Waals surface area contributed by atoms with E-state index in [9.17, 15) is 9.59 Å². The predicted octanol–water partition coefficient (Wildman–Crippen LogP) is 2.63. The van der Waals surface area contributed by atoms with Crippen LogP contribution in [0.1, 0.15) is 37.8 Å². The molecule has 0 aliphatic heterocycles. The van der Waals surface area contributed by atoms with Crippen LogP contribution in [0.25, 0.3) is 0 Å². The Hall–Kier alpha value is -1.84. The van der Waals surface area contributed by atoms with Crippen molar-refractivity contribution in [1.82, 2.24) is 0 Å². The molecule has 0 heterocycles. The molecule has 21 heavy (non-hydrogen) atoms. The Balaban J connectivity index is 2.57. The van der Waals surface area contributed by atoms with Crippen LogP contribution in [-0.2, 0) is 30.9 Å². The van der Waals surface area contributed by atoms with Crippen LogP contribution < -0.4 is 0 Å². The van der Waals surface area contributed by atoms with Crippen LogP contribution in [0, 0.1) is 5.41 Å². The SMILES string of the molecule is COC(=O)C1(C(=O)OC)CCC(C)(C)c2ccccc2C1. The first-order valence-electron chi connectivity index (χ1n) is 7.12. The van der Waals surface area contributed by atoms with Gasteiger partial charge in [0, 0.05) is 0 Å². The minimum absolute atomic E-state index is 0.0968. The summed E-state index contributed by atoms with van der Waals surface area (Å²) in [6.07, 6.45) is 1.47. The minimum Gasteiger partial charge on any atom is -0.468 e. The van der Waals surface area contributed by atoms with E-state index < -0.39 is 17.4 Å². The van der Waals surface area contributed by atoms with Gasteiger partial charge in [-0.05, 0) is 35.8 Å². The molecule has 1 aliphatic rings. The smallest absolute Gasteiger partial charge is 0.323 e. The number of esters is 2. The van der Waals surface area contributed by atoms with Crippen molar-refractivity contribution in [2.24, 2.45) is 5.41 Å². The maximum absolute atomic E-state index is 12.3. The number of carbonyl (C=O) groups is 2. The Morgan fingerprint density at radius 1 is 1.00 bits per heavy atom. The highest BCUT2D eigenvalue weighted by molar-refractivity contribution is 6.00. The van der Waals surface area contributed by atoms with Crippen LogP contribution in [0.2, 0.25) is 0 Å². The first kappa shape index (κ1) is 15.5. The number of hydrogen-bond acceptors (Lipinski definition) is 4. The number of methoxy groups -OCH3 is 2. The number of benzene rings is 1. The maximum Gasteiger partial charge on any atom is 0.323 e. The van der Waals surface area contributed by atoms with Gasteiger partial charge >= 0.3 is 11.9 Å². The lowest BCUT2D eigenvalue weighted by atomic mass is 9.77. The highest BCUT2D eigenvalue weighted by atomic mass is 16.5. The summed E-state index contributed by atoms with van der Waals surface area (Å²) in [5, 5.41) is 0. The second kappa shape index (κ2) is 5.51. The fourth-order valence-corrected chi connectivity index (χ4v) is 3.23. The number of fused-ring (bicyclic) bond motifs is 1. The van der Waals surface area contributed by atoms with Crippen LogP contribution in [0.15, 0.2) is 24.3 Å². The number of hydrogen-bond donors (Lipinski definition) is 0. The predicted molar refractivity (Wildman–Crippen MR) is 78.9 cm³/mol. The van der Waals surface area contributed by atoms with Crippen LogP contribution in [-0.4, -0.2) is 26.2 Å². The van der Waals surface area contributed by atoms with E-state index >= 15 is 0 Å². The van der Waals surface area contributed by atoms with Crippen LogP contribution in [0.4, 0.5) is 0 Å². The van der Waals surface area contributed by atoms with Crippen molar-refractivity contribution < 1.29 is 19.1 Å². The Morgan fingerprint density at radius 3 is 2.14 bits per heavy atom. The second-order valence-electron chi connectivity index (χ2n) is 6.28. The van der Waals surface area contributed by atoms with Crippen molar-refractivity contribution >= 4 is 11.9 Å². The summed E-state index contributed by atoms with van der Waals surface area (Å²) >= 11 is 0. The molecule has 1 aromatic carbocycles. The van der Waals surface area contributed by atoms with Crippen molar-refractivity contribution in [1.29, 1.82) is 0 Å². The molecule has 0 atom stereocenters. The van der Waals surface area contributed by atoms with Crippen LogP contribution in [0.3, 0.4) is 0 Å². The van der Waals surface area contributed by atoms with Gasteiger partial charge in [-0.25, -0.2) is 0 Å². The fraction of sp³-hybridized carbons (Fsp3) is 0.529. The molecule has 2 rings (SSSR count). The monoisotopic (exact) mass is 290 g/mol. The molecule has 0 N–H and O–H groups in total. The normalized spacial score (nSPS) is 19.0. The van der Waals surface area contributed by atoms with Gasteiger partial charge in [0.2, 0.25) is 0 Å². The molecule has 1 aliphatic carbocycles. The van der Waals surface area contributed by atoms with Crippen molar-refractivity contribution in [2.75, 3.05) is 14.2 Å². The molecule has 0 radical (unpaired) electrons. The van der Waals surface area contributed by atoms with Gasteiger partial charge in [-0.2, -0.15) is 0 Å². The molecule has 0 amide bonds. The van der Waals surface area contributed by atoms with Crippen molar-refractivity contribution in [3.8, 4) is 0 Å². The van der Waals surface area contributed by atoms with E-state index in [4.69, 9.17) is 9.47 Å². The summed E-state index contributed by atoms with van der Waals surface area (Å²) in [4.78, 5) is 24.7. The zero-order valence-corrected chi connectivity index (χ0v) is 13.1. The molecular weight excluding hydrogens is 268 g/mol. The highest BCUT2D eigenvalue weighted by Crippen LogP contribution is 2.43. The highest BCUT2D eigenvalue weighted by Gasteiger charge is 2.51. The van der Waals surface area contributed by atoms with Crippen molar-refractivity contribution in [3.63, 3.8) is 0 Å². The average molecular weight is 290 g/mol. The maximum atomic E-state index is 12.3. The molecule has 4 heteroatoms. The van der Waals surface area contributed by atoms with Gasteiger partial charge in [-0.3, -0.25) is 9.59 Å². The van der Waals surface area contributed by atoms with Gasteiger partial charge in [0.15, 0.2) is 5.41 Å². The van der Waals surface area contributed by atoms with Gasteiger partial charge < -0.3 is 9.47 Å². The fourth-order valence-electron chi connectivity index (χ4n) is 3.23. The summed E-state index contributed by atoms with van der Waals surface area (Å²) in [7, 11) is 2.63. The summed E-state index contributed by atoms with van der Waals surface area (Å²) < 4.78 is 9.83. The Kier molecular flexibility index (Phi) is 4.08. The quantitative estimate of drug-likeness (QED) is 0.477. The lowest BCUT2D eigenvalue weighted by Gasteiger charge is -2.28. The first-order chi connectivity index (χ1) is 9.87. The standard InChI is InChI=1S/C17H22O4/c1-16(2)9-10-17(14(18)20-3,15(19)21-4)11-12-7-5-6-8-13(12)16/h5-8H,9-11H2,1-4H3. The van der Waals surface area contributed by atoms with E-state index in [1.54, 1.807) is 0 Å². The van der Waals surface area contributed by atoms with E-state index in [0.29, 0.717) is 19.3 Å².